The van der Waals surface area contributed by atoms with Crippen molar-refractivity contribution in [2.24, 2.45) is 0 Å². The van der Waals surface area contributed by atoms with E-state index in [4.69, 9.17) is 5.73 Å². The molecule has 0 spiro atoms. The normalized spacial score (nSPS) is 11.8. The maximum absolute atomic E-state index is 12.8. The van der Waals surface area contributed by atoms with E-state index >= 15 is 0 Å². The van der Waals surface area contributed by atoms with Gasteiger partial charge in [0, 0.05) is 6.20 Å². The van der Waals surface area contributed by atoms with Gasteiger partial charge in [0.05, 0.1) is 15.7 Å². The molecule has 0 saturated carbocycles. The summed E-state index contributed by atoms with van der Waals surface area (Å²) in [5.41, 5.74) is 4.66. The predicted octanol–water partition coefficient (Wildman–Crippen LogP) is 3.24. The number of hydrogen-bond donors (Lipinski definition) is 1. The second-order valence-electron chi connectivity index (χ2n) is 3.32. The zero-order valence-corrected chi connectivity index (χ0v) is 9.96. The van der Waals surface area contributed by atoms with Crippen molar-refractivity contribution in [3.63, 3.8) is 0 Å². The molecule has 0 amide bonds. The lowest BCUT2D eigenvalue weighted by Crippen LogP contribution is -2.11. The number of nitrogens with two attached hydrogens (primary N) is 1. The number of nitrogen functional groups attached to an aromatic ring is 1. The molecule has 0 aliphatic heterocycles. The largest absolute Gasteiger partial charge is 0.418 e. The Hall–Kier alpha value is -1.50. The number of halogens is 4. The number of aromatic nitrogens is 2. The second kappa shape index (κ2) is 4.06. The van der Waals surface area contributed by atoms with Crippen molar-refractivity contribution < 1.29 is 13.2 Å². The summed E-state index contributed by atoms with van der Waals surface area (Å²) in [6, 6.07) is 5.17. The Kier molecular flexibility index (Phi) is 2.86. The Morgan fingerprint density at radius 2 is 1.88 bits per heavy atom. The molecule has 2 rings (SSSR count). The summed E-state index contributed by atoms with van der Waals surface area (Å²) in [6.07, 6.45) is -3.04. The molecule has 2 N–H and O–H groups in total. The van der Waals surface area contributed by atoms with E-state index in [0.717, 1.165) is 10.7 Å². The molecule has 0 fully saturated rings. The van der Waals surface area contributed by atoms with E-state index in [-0.39, 0.29) is 11.5 Å². The van der Waals surface area contributed by atoms with E-state index in [0.29, 0.717) is 4.47 Å². The van der Waals surface area contributed by atoms with Crippen LogP contribution in [-0.4, -0.2) is 9.78 Å². The van der Waals surface area contributed by atoms with Crippen LogP contribution in [0.5, 0.6) is 0 Å². The highest BCUT2D eigenvalue weighted by Crippen LogP contribution is 2.34. The van der Waals surface area contributed by atoms with E-state index in [9.17, 15) is 13.2 Å². The molecule has 0 aliphatic rings. The van der Waals surface area contributed by atoms with Crippen LogP contribution >= 0.6 is 15.9 Å². The van der Waals surface area contributed by atoms with E-state index in [2.05, 4.69) is 21.0 Å². The first-order chi connectivity index (χ1) is 7.89. The zero-order chi connectivity index (χ0) is 12.6. The predicted molar refractivity (Wildman–Crippen MR) is 60.7 cm³/mol. The molecular formula is C10H7BrF3N3. The summed E-state index contributed by atoms with van der Waals surface area (Å²) < 4.78 is 39.8. The van der Waals surface area contributed by atoms with Crippen LogP contribution in [0.15, 0.2) is 34.9 Å². The van der Waals surface area contributed by atoms with Gasteiger partial charge in [-0.15, -0.1) is 5.10 Å². The minimum atomic E-state index is -4.43. The van der Waals surface area contributed by atoms with Gasteiger partial charge in [0.2, 0.25) is 0 Å². The van der Waals surface area contributed by atoms with Gasteiger partial charge in [0.1, 0.15) is 0 Å². The summed E-state index contributed by atoms with van der Waals surface area (Å²) >= 11 is 3.10. The first kappa shape index (κ1) is 12.0. The van der Waals surface area contributed by atoms with Crippen LogP contribution in [0.25, 0.3) is 5.69 Å². The minimum Gasteiger partial charge on any atom is -0.381 e. The van der Waals surface area contributed by atoms with E-state index in [1.807, 2.05) is 0 Å². The number of rotatable bonds is 1. The van der Waals surface area contributed by atoms with Gasteiger partial charge in [-0.05, 0) is 28.1 Å². The van der Waals surface area contributed by atoms with Crippen molar-refractivity contribution in [3.05, 3.63) is 40.5 Å². The molecule has 0 unspecified atom stereocenters. The summed E-state index contributed by atoms with van der Waals surface area (Å²) in [5, 5.41) is 3.80. The van der Waals surface area contributed by atoms with Crippen LogP contribution in [0.3, 0.4) is 0 Å². The lowest BCUT2D eigenvalue weighted by molar-refractivity contribution is -0.137. The van der Waals surface area contributed by atoms with Crippen LogP contribution in [-0.2, 0) is 6.18 Å². The molecular weight excluding hydrogens is 299 g/mol. The molecule has 0 radical (unpaired) electrons. The highest BCUT2D eigenvalue weighted by molar-refractivity contribution is 9.10. The molecule has 0 bridgehead atoms. The van der Waals surface area contributed by atoms with Crippen molar-refractivity contribution in [2.45, 2.75) is 6.18 Å². The number of alkyl halides is 3. The van der Waals surface area contributed by atoms with Crippen LogP contribution < -0.4 is 5.73 Å². The monoisotopic (exact) mass is 305 g/mol. The summed E-state index contributed by atoms with van der Waals surface area (Å²) in [7, 11) is 0. The Balaban J connectivity index is 2.60. The Bertz CT molecular complexity index is 528. The molecule has 3 nitrogen and oxygen atoms in total. The van der Waals surface area contributed by atoms with Gasteiger partial charge in [-0.25, -0.2) is 4.68 Å². The van der Waals surface area contributed by atoms with E-state index in [1.54, 1.807) is 0 Å². The third-order valence-electron chi connectivity index (χ3n) is 2.15. The molecule has 17 heavy (non-hydrogen) atoms. The lowest BCUT2D eigenvalue weighted by Gasteiger charge is -2.11. The molecule has 1 aromatic heterocycles. The van der Waals surface area contributed by atoms with Crippen molar-refractivity contribution in [2.75, 3.05) is 5.73 Å². The van der Waals surface area contributed by atoms with Crippen LogP contribution in [0.1, 0.15) is 5.56 Å². The van der Waals surface area contributed by atoms with Crippen LogP contribution in [0, 0.1) is 0 Å². The third kappa shape index (κ3) is 2.28. The fourth-order valence-electron chi connectivity index (χ4n) is 1.40. The molecule has 0 saturated heterocycles. The van der Waals surface area contributed by atoms with Gasteiger partial charge < -0.3 is 5.73 Å². The van der Waals surface area contributed by atoms with Gasteiger partial charge in [-0.2, -0.15) is 13.2 Å². The zero-order valence-electron chi connectivity index (χ0n) is 8.37. The Morgan fingerprint density at radius 1 is 1.24 bits per heavy atom. The highest BCUT2D eigenvalue weighted by atomic mass is 79.9. The molecule has 0 atom stereocenters. The Labute approximate surface area is 103 Å². The molecule has 2 aromatic rings. The average molecular weight is 306 g/mol. The fraction of sp³-hybridized carbons (Fsp3) is 0.100. The van der Waals surface area contributed by atoms with E-state index in [1.165, 1.54) is 24.4 Å². The van der Waals surface area contributed by atoms with Crippen LogP contribution in [0.2, 0.25) is 0 Å². The smallest absolute Gasteiger partial charge is 0.381 e. The summed E-state index contributed by atoms with van der Waals surface area (Å²) in [4.78, 5) is 0. The average Bonchev–Trinajstić information content (AvgIpc) is 2.58. The number of para-hydroxylation sites is 1. The molecule has 1 aromatic carbocycles. The fourth-order valence-corrected chi connectivity index (χ4v) is 1.68. The minimum absolute atomic E-state index is 0.0580. The molecule has 90 valence electrons. The quantitative estimate of drug-likeness (QED) is 0.879. The molecule has 0 aliphatic carbocycles. The van der Waals surface area contributed by atoms with Crippen LogP contribution in [0.4, 0.5) is 19.0 Å². The third-order valence-corrected chi connectivity index (χ3v) is 2.76. The molecule has 1 heterocycles. The van der Waals surface area contributed by atoms with Gasteiger partial charge in [0.25, 0.3) is 0 Å². The first-order valence-corrected chi connectivity index (χ1v) is 5.36. The topological polar surface area (TPSA) is 43.8 Å². The van der Waals surface area contributed by atoms with Crippen molar-refractivity contribution >= 4 is 21.7 Å². The van der Waals surface area contributed by atoms with Gasteiger partial charge in [-0.3, -0.25) is 0 Å². The molecule has 7 heteroatoms. The second-order valence-corrected chi connectivity index (χ2v) is 4.18. The van der Waals surface area contributed by atoms with Crippen molar-refractivity contribution in [3.8, 4) is 5.69 Å². The number of benzene rings is 1. The highest BCUT2D eigenvalue weighted by Gasteiger charge is 2.33. The van der Waals surface area contributed by atoms with Gasteiger partial charge in [0.15, 0.2) is 5.82 Å². The maximum Gasteiger partial charge on any atom is 0.418 e. The van der Waals surface area contributed by atoms with E-state index < -0.39 is 11.7 Å². The number of hydrogen-bond acceptors (Lipinski definition) is 2. The first-order valence-electron chi connectivity index (χ1n) is 4.57. The maximum atomic E-state index is 12.8. The number of anilines is 1. The lowest BCUT2D eigenvalue weighted by atomic mass is 10.2. The standard InChI is InChI=1S/C10H7BrF3N3/c11-7-5-17(16-9(7)15)8-4-2-1-3-6(8)10(12,13)14/h1-5H,(H2,15,16). The van der Waals surface area contributed by atoms with Gasteiger partial charge >= 0.3 is 6.18 Å². The Morgan fingerprint density at radius 3 is 2.41 bits per heavy atom. The van der Waals surface area contributed by atoms with Gasteiger partial charge in [-0.1, -0.05) is 12.1 Å². The number of nitrogens with zero attached hydrogens (tertiary/aromatic N) is 2. The summed E-state index contributed by atoms with van der Waals surface area (Å²) in [5.74, 6) is 0.141. The SMILES string of the molecule is Nc1nn(-c2ccccc2C(F)(F)F)cc1Br. The van der Waals surface area contributed by atoms with Crippen molar-refractivity contribution in [1.29, 1.82) is 0 Å². The summed E-state index contributed by atoms with van der Waals surface area (Å²) in [6.45, 7) is 0. The van der Waals surface area contributed by atoms with Crippen molar-refractivity contribution in [1.82, 2.24) is 9.78 Å².